The Morgan fingerprint density at radius 3 is 1.72 bits per heavy atom. The molecule has 1 heteroatoms. The second-order valence-corrected chi connectivity index (χ2v) is 9.06. The largest absolute Gasteiger partial charge is 0.0843 e. The predicted octanol–water partition coefficient (Wildman–Crippen LogP) is 8.35. The highest BCUT2D eigenvalue weighted by Crippen LogP contribution is 2.64. The van der Waals surface area contributed by atoms with E-state index in [0.717, 1.165) is 5.02 Å². The fraction of sp³-hybridized carbons (Fsp3) is 0.0323. The molecule has 2 aliphatic rings. The molecule has 5 aromatic rings. The van der Waals surface area contributed by atoms with E-state index in [9.17, 15) is 0 Å². The summed E-state index contributed by atoms with van der Waals surface area (Å²) in [5, 5.41) is 0.777. The first-order valence-corrected chi connectivity index (χ1v) is 11.4. The van der Waals surface area contributed by atoms with Crippen LogP contribution in [0.25, 0.3) is 33.4 Å². The molecule has 5 aromatic carbocycles. The van der Waals surface area contributed by atoms with E-state index in [-0.39, 0.29) is 5.41 Å². The van der Waals surface area contributed by atoms with Crippen LogP contribution in [0.2, 0.25) is 5.02 Å². The zero-order valence-corrected chi connectivity index (χ0v) is 18.1. The van der Waals surface area contributed by atoms with Gasteiger partial charge in [-0.3, -0.25) is 0 Å². The van der Waals surface area contributed by atoms with E-state index >= 15 is 0 Å². The van der Waals surface area contributed by atoms with Gasteiger partial charge in [-0.1, -0.05) is 115 Å². The number of halogens is 1. The molecule has 0 unspecified atom stereocenters. The summed E-state index contributed by atoms with van der Waals surface area (Å²) in [6.45, 7) is 0. The van der Waals surface area contributed by atoms with E-state index < -0.39 is 0 Å². The molecule has 1 spiro atoms. The zero-order valence-electron chi connectivity index (χ0n) is 17.3. The topological polar surface area (TPSA) is 0 Å². The third-order valence-corrected chi connectivity index (χ3v) is 7.39. The number of benzene rings is 5. The van der Waals surface area contributed by atoms with Gasteiger partial charge in [0.2, 0.25) is 0 Å². The highest BCUT2D eigenvalue weighted by atomic mass is 35.5. The van der Waals surface area contributed by atoms with Crippen molar-refractivity contribution in [2.45, 2.75) is 5.41 Å². The Kier molecular flexibility index (Phi) is 3.63. The first kappa shape index (κ1) is 18.0. The Labute approximate surface area is 192 Å². The van der Waals surface area contributed by atoms with Crippen LogP contribution in [0, 0.1) is 0 Å². The monoisotopic (exact) mass is 426 g/mol. The van der Waals surface area contributed by atoms with Crippen LogP contribution in [0.3, 0.4) is 0 Å². The second kappa shape index (κ2) is 6.45. The van der Waals surface area contributed by atoms with Gasteiger partial charge in [0.1, 0.15) is 0 Å². The third kappa shape index (κ3) is 2.13. The van der Waals surface area contributed by atoms with Crippen molar-refractivity contribution in [1.82, 2.24) is 0 Å². The van der Waals surface area contributed by atoms with Crippen molar-refractivity contribution in [3.05, 3.63) is 143 Å². The molecule has 7 rings (SSSR count). The molecule has 2 aliphatic carbocycles. The minimum absolute atomic E-state index is 0.380. The second-order valence-electron chi connectivity index (χ2n) is 8.63. The van der Waals surface area contributed by atoms with E-state index in [4.69, 9.17) is 11.6 Å². The highest BCUT2D eigenvalue weighted by molar-refractivity contribution is 6.30. The fourth-order valence-electron chi connectivity index (χ4n) is 6.03. The van der Waals surface area contributed by atoms with Gasteiger partial charge < -0.3 is 0 Å². The maximum Gasteiger partial charge on any atom is 0.0732 e. The van der Waals surface area contributed by atoms with Crippen molar-refractivity contribution in [3.8, 4) is 33.4 Å². The highest BCUT2D eigenvalue weighted by Gasteiger charge is 2.52. The van der Waals surface area contributed by atoms with Gasteiger partial charge >= 0.3 is 0 Å². The lowest BCUT2D eigenvalue weighted by Crippen LogP contribution is -2.26. The molecular formula is C31H19Cl. The Morgan fingerprint density at radius 2 is 1.00 bits per heavy atom. The van der Waals surface area contributed by atoms with E-state index in [1.807, 2.05) is 6.07 Å². The lowest BCUT2D eigenvalue weighted by molar-refractivity contribution is 0.796. The molecule has 0 radical (unpaired) electrons. The van der Waals surface area contributed by atoms with Gasteiger partial charge in [0, 0.05) is 5.02 Å². The summed E-state index contributed by atoms with van der Waals surface area (Å²) in [4.78, 5) is 0. The van der Waals surface area contributed by atoms with Gasteiger partial charge in [-0.25, -0.2) is 0 Å². The molecule has 32 heavy (non-hydrogen) atoms. The van der Waals surface area contributed by atoms with Crippen LogP contribution in [-0.4, -0.2) is 0 Å². The first-order valence-electron chi connectivity index (χ1n) is 11.0. The summed E-state index contributed by atoms with van der Waals surface area (Å²) in [6.07, 6.45) is 0. The maximum atomic E-state index is 6.64. The zero-order chi connectivity index (χ0) is 21.3. The summed E-state index contributed by atoms with van der Waals surface area (Å²) in [5.74, 6) is 0. The van der Waals surface area contributed by atoms with E-state index in [2.05, 4.69) is 109 Å². The summed E-state index contributed by atoms with van der Waals surface area (Å²) < 4.78 is 0. The Bertz CT molecular complexity index is 1480. The van der Waals surface area contributed by atoms with E-state index in [1.54, 1.807) is 0 Å². The molecule has 0 saturated carbocycles. The van der Waals surface area contributed by atoms with E-state index in [0.29, 0.717) is 0 Å². The molecule has 0 heterocycles. The molecule has 0 saturated heterocycles. The van der Waals surface area contributed by atoms with Crippen LogP contribution in [0.4, 0.5) is 0 Å². The number of rotatable bonds is 1. The predicted molar refractivity (Wildman–Crippen MR) is 133 cm³/mol. The van der Waals surface area contributed by atoms with Gasteiger partial charge in [-0.15, -0.1) is 0 Å². The van der Waals surface area contributed by atoms with Crippen molar-refractivity contribution >= 4 is 11.6 Å². The van der Waals surface area contributed by atoms with Gasteiger partial charge in [0.15, 0.2) is 0 Å². The number of hydrogen-bond acceptors (Lipinski definition) is 0. The van der Waals surface area contributed by atoms with Crippen molar-refractivity contribution in [2.24, 2.45) is 0 Å². The third-order valence-electron chi connectivity index (χ3n) is 7.15. The standard InChI is InChI=1S/C31H19Cl/c32-21-17-18-25-26-14-8-13-22(20-9-2-1-3-10-20)30(26)31(29(25)19-21)27-15-6-4-11-23(27)24-12-5-7-16-28(24)31/h1-19H. The van der Waals surface area contributed by atoms with Gasteiger partial charge in [0.05, 0.1) is 5.41 Å². The Balaban J connectivity index is 1.72. The minimum atomic E-state index is -0.380. The van der Waals surface area contributed by atoms with Crippen molar-refractivity contribution < 1.29 is 0 Å². The Morgan fingerprint density at radius 1 is 0.438 bits per heavy atom. The average Bonchev–Trinajstić information content (AvgIpc) is 3.31. The molecule has 0 nitrogen and oxygen atoms in total. The Hall–Kier alpha value is -3.61. The number of fused-ring (bicyclic) bond motifs is 10. The van der Waals surface area contributed by atoms with Crippen LogP contribution in [0.1, 0.15) is 22.3 Å². The molecule has 0 fully saturated rings. The fourth-order valence-corrected chi connectivity index (χ4v) is 6.20. The van der Waals surface area contributed by atoms with Crippen LogP contribution in [0.15, 0.2) is 115 Å². The summed E-state index contributed by atoms with van der Waals surface area (Å²) in [5.41, 5.74) is 12.6. The summed E-state index contributed by atoms with van der Waals surface area (Å²) in [6, 6.07) is 41.6. The van der Waals surface area contributed by atoms with Crippen molar-refractivity contribution in [2.75, 3.05) is 0 Å². The molecule has 0 amide bonds. The summed E-state index contributed by atoms with van der Waals surface area (Å²) >= 11 is 6.64. The van der Waals surface area contributed by atoms with E-state index in [1.165, 1.54) is 55.6 Å². The summed E-state index contributed by atoms with van der Waals surface area (Å²) in [7, 11) is 0. The maximum absolute atomic E-state index is 6.64. The molecule has 0 N–H and O–H groups in total. The molecule has 0 atom stereocenters. The minimum Gasteiger partial charge on any atom is -0.0843 e. The first-order chi connectivity index (χ1) is 15.8. The number of hydrogen-bond donors (Lipinski definition) is 0. The normalized spacial score (nSPS) is 14.0. The molecule has 0 aliphatic heterocycles. The average molecular weight is 427 g/mol. The van der Waals surface area contributed by atoms with Crippen LogP contribution in [0.5, 0.6) is 0 Å². The van der Waals surface area contributed by atoms with Gasteiger partial charge in [-0.05, 0) is 67.8 Å². The van der Waals surface area contributed by atoms with Crippen LogP contribution in [-0.2, 0) is 5.41 Å². The smallest absolute Gasteiger partial charge is 0.0732 e. The van der Waals surface area contributed by atoms with Crippen LogP contribution >= 0.6 is 11.6 Å². The van der Waals surface area contributed by atoms with Crippen molar-refractivity contribution in [1.29, 1.82) is 0 Å². The van der Waals surface area contributed by atoms with Gasteiger partial charge in [-0.2, -0.15) is 0 Å². The molecule has 0 aromatic heterocycles. The molecular weight excluding hydrogens is 408 g/mol. The lowest BCUT2D eigenvalue weighted by Gasteiger charge is -2.32. The van der Waals surface area contributed by atoms with Gasteiger partial charge in [0.25, 0.3) is 0 Å². The lowest BCUT2D eigenvalue weighted by atomic mass is 9.68. The SMILES string of the molecule is Clc1ccc2c(c1)C1(c3ccccc3-c3ccccc31)c1c(-c3ccccc3)cccc1-2. The van der Waals surface area contributed by atoms with Crippen molar-refractivity contribution in [3.63, 3.8) is 0 Å². The molecule has 0 bridgehead atoms. The molecule has 150 valence electrons. The van der Waals surface area contributed by atoms with Crippen LogP contribution < -0.4 is 0 Å². The quantitative estimate of drug-likeness (QED) is 0.247.